The lowest BCUT2D eigenvalue weighted by atomic mass is 9.82. The molecule has 0 radical (unpaired) electrons. The molecule has 0 saturated heterocycles. The Morgan fingerprint density at radius 2 is 1.83 bits per heavy atom. The van der Waals surface area contributed by atoms with Crippen molar-refractivity contribution in [2.45, 2.75) is 63.7 Å². The molecule has 0 aromatic carbocycles. The third-order valence-corrected chi connectivity index (χ3v) is 2.99. The molecule has 1 aliphatic carbocycles. The fourth-order valence-electron chi connectivity index (χ4n) is 1.96. The number of hydrogen-bond donors (Lipinski definition) is 3. The van der Waals surface area contributed by atoms with Crippen molar-refractivity contribution in [2.24, 2.45) is 5.73 Å². The third kappa shape index (κ3) is 4.18. The predicted octanol–water partition coefficient (Wildman–Crippen LogP) is 0.670. The molecular weight excluding hydrogens is 236 g/mol. The number of carbonyl (C=O) groups is 2. The van der Waals surface area contributed by atoms with Crippen LogP contribution in [0.2, 0.25) is 0 Å². The monoisotopic (exact) mass is 258 g/mol. The average Bonchev–Trinajstić information content (AvgIpc) is 2.18. The van der Waals surface area contributed by atoms with Crippen LogP contribution in [0.5, 0.6) is 0 Å². The number of rotatable bonds is 2. The van der Waals surface area contributed by atoms with Crippen LogP contribution in [0.3, 0.4) is 0 Å². The molecule has 104 valence electrons. The minimum atomic E-state index is -1.42. The standard InChI is InChI=1S/C12H22N2O4/c1-11(2,3)18-10(16)14-8-4-6-12(17,7-5-8)9(13)15/h8,17H,4-7H2,1-3H3,(H2,13,15)(H,14,16). The Morgan fingerprint density at radius 1 is 1.33 bits per heavy atom. The SMILES string of the molecule is CC(C)(C)OC(=O)NC1CCC(O)(C(N)=O)CC1. The van der Waals surface area contributed by atoms with Gasteiger partial charge in [0, 0.05) is 6.04 Å². The van der Waals surface area contributed by atoms with Gasteiger partial charge in [-0.15, -0.1) is 0 Å². The van der Waals surface area contributed by atoms with E-state index < -0.39 is 23.2 Å². The van der Waals surface area contributed by atoms with Gasteiger partial charge in [0.2, 0.25) is 5.91 Å². The van der Waals surface area contributed by atoms with Gasteiger partial charge < -0.3 is 20.9 Å². The quantitative estimate of drug-likeness (QED) is 0.677. The summed E-state index contributed by atoms with van der Waals surface area (Å²) in [7, 11) is 0. The highest BCUT2D eigenvalue weighted by Gasteiger charge is 2.38. The topological polar surface area (TPSA) is 102 Å². The molecule has 1 saturated carbocycles. The Balaban J connectivity index is 2.41. The zero-order valence-electron chi connectivity index (χ0n) is 11.2. The number of ether oxygens (including phenoxy) is 1. The number of amides is 2. The Hall–Kier alpha value is -1.30. The second-order valence-corrected chi connectivity index (χ2v) is 5.82. The molecule has 0 heterocycles. The minimum absolute atomic E-state index is 0.0838. The molecule has 0 bridgehead atoms. The fourth-order valence-corrected chi connectivity index (χ4v) is 1.96. The molecule has 0 spiro atoms. The first-order valence-electron chi connectivity index (χ1n) is 6.14. The van der Waals surface area contributed by atoms with E-state index in [1.165, 1.54) is 0 Å². The number of aliphatic hydroxyl groups is 1. The number of nitrogens with two attached hydrogens (primary N) is 1. The summed E-state index contributed by atoms with van der Waals surface area (Å²) in [4.78, 5) is 22.6. The van der Waals surface area contributed by atoms with Gasteiger partial charge in [0.15, 0.2) is 0 Å². The summed E-state index contributed by atoms with van der Waals surface area (Å²) in [5.74, 6) is -0.696. The first-order chi connectivity index (χ1) is 8.12. The van der Waals surface area contributed by atoms with Crippen LogP contribution in [-0.4, -0.2) is 34.4 Å². The Kier molecular flexibility index (Phi) is 4.21. The summed E-state index contributed by atoms with van der Waals surface area (Å²) in [5.41, 5.74) is 3.17. The predicted molar refractivity (Wildman–Crippen MR) is 65.8 cm³/mol. The van der Waals surface area contributed by atoms with Crippen molar-refractivity contribution in [1.82, 2.24) is 5.32 Å². The Morgan fingerprint density at radius 3 is 2.22 bits per heavy atom. The zero-order valence-corrected chi connectivity index (χ0v) is 11.2. The van der Waals surface area contributed by atoms with E-state index in [1.807, 2.05) is 0 Å². The van der Waals surface area contributed by atoms with E-state index in [0.29, 0.717) is 12.8 Å². The van der Waals surface area contributed by atoms with E-state index in [4.69, 9.17) is 10.5 Å². The molecule has 2 amide bonds. The number of primary amides is 1. The molecule has 0 unspecified atom stereocenters. The third-order valence-electron chi connectivity index (χ3n) is 2.99. The van der Waals surface area contributed by atoms with Gasteiger partial charge in [-0.05, 0) is 46.5 Å². The maximum absolute atomic E-state index is 11.5. The molecule has 1 fully saturated rings. The van der Waals surface area contributed by atoms with Crippen LogP contribution in [0.4, 0.5) is 4.79 Å². The van der Waals surface area contributed by atoms with Crippen LogP contribution in [0.25, 0.3) is 0 Å². The van der Waals surface area contributed by atoms with Gasteiger partial charge in [-0.3, -0.25) is 4.79 Å². The highest BCUT2D eigenvalue weighted by atomic mass is 16.6. The van der Waals surface area contributed by atoms with Crippen LogP contribution >= 0.6 is 0 Å². The number of carbonyl (C=O) groups excluding carboxylic acids is 2. The maximum atomic E-state index is 11.5. The van der Waals surface area contributed by atoms with Gasteiger partial charge in [-0.25, -0.2) is 4.79 Å². The molecule has 0 aromatic rings. The maximum Gasteiger partial charge on any atom is 0.407 e. The van der Waals surface area contributed by atoms with E-state index in [9.17, 15) is 14.7 Å². The van der Waals surface area contributed by atoms with Gasteiger partial charge in [0.1, 0.15) is 11.2 Å². The Labute approximate surface area is 107 Å². The lowest BCUT2D eigenvalue weighted by Gasteiger charge is -2.34. The number of hydrogen-bond acceptors (Lipinski definition) is 4. The normalized spacial score (nSPS) is 28.6. The van der Waals surface area contributed by atoms with E-state index in [2.05, 4.69) is 5.32 Å². The van der Waals surface area contributed by atoms with E-state index in [-0.39, 0.29) is 18.9 Å². The van der Waals surface area contributed by atoms with E-state index in [0.717, 1.165) is 0 Å². The summed E-state index contributed by atoms with van der Waals surface area (Å²) in [6.45, 7) is 5.37. The van der Waals surface area contributed by atoms with Crippen LogP contribution in [0.1, 0.15) is 46.5 Å². The van der Waals surface area contributed by atoms with E-state index in [1.54, 1.807) is 20.8 Å². The molecular formula is C12H22N2O4. The van der Waals surface area contributed by atoms with Gasteiger partial charge >= 0.3 is 6.09 Å². The smallest absolute Gasteiger partial charge is 0.407 e. The van der Waals surface area contributed by atoms with E-state index >= 15 is 0 Å². The zero-order chi connectivity index (χ0) is 14.0. The minimum Gasteiger partial charge on any atom is -0.444 e. The van der Waals surface area contributed by atoms with Gasteiger partial charge in [-0.2, -0.15) is 0 Å². The molecule has 1 rings (SSSR count). The average molecular weight is 258 g/mol. The van der Waals surface area contributed by atoms with Crippen LogP contribution in [-0.2, 0) is 9.53 Å². The number of nitrogens with one attached hydrogen (secondary N) is 1. The molecule has 6 nitrogen and oxygen atoms in total. The summed E-state index contributed by atoms with van der Waals surface area (Å²) >= 11 is 0. The van der Waals surface area contributed by atoms with Gasteiger partial charge in [0.25, 0.3) is 0 Å². The van der Waals surface area contributed by atoms with Crippen molar-refractivity contribution in [3.8, 4) is 0 Å². The summed E-state index contributed by atoms with van der Waals surface area (Å²) < 4.78 is 5.14. The molecule has 0 aliphatic heterocycles. The first-order valence-corrected chi connectivity index (χ1v) is 6.14. The van der Waals surface area contributed by atoms with Crippen molar-refractivity contribution < 1.29 is 19.4 Å². The molecule has 0 atom stereocenters. The lowest BCUT2D eigenvalue weighted by Crippen LogP contribution is -2.50. The largest absolute Gasteiger partial charge is 0.444 e. The lowest BCUT2D eigenvalue weighted by molar-refractivity contribution is -0.139. The van der Waals surface area contributed by atoms with Crippen molar-refractivity contribution in [2.75, 3.05) is 0 Å². The summed E-state index contributed by atoms with van der Waals surface area (Å²) in [6, 6.07) is -0.0838. The van der Waals surface area contributed by atoms with Gasteiger partial charge in [0.05, 0.1) is 0 Å². The highest BCUT2D eigenvalue weighted by Crippen LogP contribution is 2.28. The highest BCUT2D eigenvalue weighted by molar-refractivity contribution is 5.83. The van der Waals surface area contributed by atoms with Crippen LogP contribution in [0.15, 0.2) is 0 Å². The number of alkyl carbamates (subject to hydrolysis) is 1. The molecule has 18 heavy (non-hydrogen) atoms. The Bertz CT molecular complexity index is 327. The van der Waals surface area contributed by atoms with Crippen molar-refractivity contribution in [3.05, 3.63) is 0 Å². The van der Waals surface area contributed by atoms with Crippen molar-refractivity contribution >= 4 is 12.0 Å². The van der Waals surface area contributed by atoms with Crippen molar-refractivity contribution in [3.63, 3.8) is 0 Å². The summed E-state index contributed by atoms with van der Waals surface area (Å²) in [5, 5.41) is 12.6. The van der Waals surface area contributed by atoms with Crippen molar-refractivity contribution in [1.29, 1.82) is 0 Å². The second-order valence-electron chi connectivity index (χ2n) is 5.82. The second kappa shape index (κ2) is 5.14. The van der Waals surface area contributed by atoms with Crippen LogP contribution in [0, 0.1) is 0 Å². The van der Waals surface area contributed by atoms with Gasteiger partial charge in [-0.1, -0.05) is 0 Å². The summed E-state index contributed by atoms with van der Waals surface area (Å²) in [6.07, 6.45) is 1.08. The molecule has 0 aromatic heterocycles. The fraction of sp³-hybridized carbons (Fsp3) is 0.833. The molecule has 4 N–H and O–H groups in total. The molecule has 1 aliphatic rings. The molecule has 6 heteroatoms. The van der Waals surface area contributed by atoms with Crippen LogP contribution < -0.4 is 11.1 Å². The first kappa shape index (κ1) is 14.8.